The predicted octanol–water partition coefficient (Wildman–Crippen LogP) is 3.81. The van der Waals surface area contributed by atoms with E-state index in [0.29, 0.717) is 0 Å². The van der Waals surface area contributed by atoms with E-state index in [2.05, 4.69) is 0 Å². The van der Waals surface area contributed by atoms with Gasteiger partial charge >= 0.3 is 12.1 Å². The Morgan fingerprint density at radius 3 is 2.30 bits per heavy atom. The van der Waals surface area contributed by atoms with Crippen LogP contribution in [0.1, 0.15) is 33.3 Å². The molecule has 1 aromatic rings. The smallest absolute Gasteiger partial charge is 0.416 e. The van der Waals surface area contributed by atoms with Gasteiger partial charge in [-0.3, -0.25) is 0 Å². The molecule has 0 aromatic heterocycles. The van der Waals surface area contributed by atoms with E-state index in [9.17, 15) is 18.0 Å². The second-order valence-electron chi connectivity index (χ2n) is 5.32. The topological polar surface area (TPSA) is 35.5 Å². The van der Waals surface area contributed by atoms with E-state index >= 15 is 0 Å². The van der Waals surface area contributed by atoms with Crippen LogP contribution in [-0.4, -0.2) is 17.7 Å². The Labute approximate surface area is 115 Å². The van der Waals surface area contributed by atoms with E-state index in [4.69, 9.17) is 9.47 Å². The van der Waals surface area contributed by atoms with Gasteiger partial charge in [0.1, 0.15) is 11.4 Å². The van der Waals surface area contributed by atoms with Crippen molar-refractivity contribution in [3.05, 3.63) is 29.8 Å². The maximum Gasteiger partial charge on any atom is 0.416 e. The lowest BCUT2D eigenvalue weighted by Gasteiger charge is -2.22. The molecule has 1 unspecified atom stereocenters. The molecule has 0 aliphatic carbocycles. The van der Waals surface area contributed by atoms with Crippen molar-refractivity contribution in [2.24, 2.45) is 0 Å². The van der Waals surface area contributed by atoms with Gasteiger partial charge in [-0.2, -0.15) is 13.2 Å². The van der Waals surface area contributed by atoms with E-state index in [1.165, 1.54) is 19.1 Å². The first-order chi connectivity index (χ1) is 8.99. The number of hydrogen-bond acceptors (Lipinski definition) is 3. The molecular weight excluding hydrogens is 273 g/mol. The van der Waals surface area contributed by atoms with Gasteiger partial charge in [-0.05, 0) is 45.9 Å². The SMILES string of the molecule is CC(Oc1cccc(C(F)(F)F)c1)C(=O)OC(C)(C)C. The molecule has 0 amide bonds. The molecule has 0 radical (unpaired) electrons. The van der Waals surface area contributed by atoms with Crippen LogP contribution in [0.3, 0.4) is 0 Å². The van der Waals surface area contributed by atoms with Crippen LogP contribution >= 0.6 is 0 Å². The third-order valence-corrected chi connectivity index (χ3v) is 2.21. The van der Waals surface area contributed by atoms with Gasteiger partial charge in [-0.1, -0.05) is 6.07 Å². The predicted molar refractivity (Wildman–Crippen MR) is 67.4 cm³/mol. The van der Waals surface area contributed by atoms with Crippen LogP contribution in [-0.2, 0) is 15.7 Å². The van der Waals surface area contributed by atoms with E-state index in [0.717, 1.165) is 12.1 Å². The van der Waals surface area contributed by atoms with Crippen molar-refractivity contribution in [3.8, 4) is 5.75 Å². The minimum atomic E-state index is -4.45. The van der Waals surface area contributed by atoms with Crippen molar-refractivity contribution in [1.29, 1.82) is 0 Å². The third-order valence-electron chi connectivity index (χ3n) is 2.21. The maximum absolute atomic E-state index is 12.5. The molecule has 0 fully saturated rings. The zero-order chi connectivity index (χ0) is 15.6. The van der Waals surface area contributed by atoms with Crippen LogP contribution in [0.25, 0.3) is 0 Å². The van der Waals surface area contributed by atoms with Crippen LogP contribution in [0.2, 0.25) is 0 Å². The van der Waals surface area contributed by atoms with Gasteiger partial charge in [0.05, 0.1) is 5.56 Å². The number of rotatable bonds is 3. The summed E-state index contributed by atoms with van der Waals surface area (Å²) in [6, 6.07) is 4.36. The number of carbonyl (C=O) groups is 1. The van der Waals surface area contributed by atoms with Crippen molar-refractivity contribution in [2.75, 3.05) is 0 Å². The summed E-state index contributed by atoms with van der Waals surface area (Å²) < 4.78 is 47.9. The molecule has 112 valence electrons. The Kier molecular flexibility index (Phi) is 4.68. The highest BCUT2D eigenvalue weighted by atomic mass is 19.4. The van der Waals surface area contributed by atoms with Crippen molar-refractivity contribution in [3.63, 3.8) is 0 Å². The molecule has 1 rings (SSSR count). The number of alkyl halides is 3. The second-order valence-corrected chi connectivity index (χ2v) is 5.32. The fourth-order valence-corrected chi connectivity index (χ4v) is 1.38. The summed E-state index contributed by atoms with van der Waals surface area (Å²) >= 11 is 0. The first-order valence-corrected chi connectivity index (χ1v) is 6.06. The molecule has 20 heavy (non-hydrogen) atoms. The van der Waals surface area contributed by atoms with E-state index < -0.39 is 29.4 Å². The first-order valence-electron chi connectivity index (χ1n) is 6.06. The summed E-state index contributed by atoms with van der Waals surface area (Å²) in [6.07, 6.45) is -5.44. The molecule has 0 spiro atoms. The number of hydrogen-bond donors (Lipinski definition) is 0. The van der Waals surface area contributed by atoms with Crippen LogP contribution in [0, 0.1) is 0 Å². The van der Waals surface area contributed by atoms with Gasteiger partial charge in [-0.25, -0.2) is 4.79 Å². The van der Waals surface area contributed by atoms with Crippen LogP contribution in [0.5, 0.6) is 5.75 Å². The lowest BCUT2D eigenvalue weighted by molar-refractivity contribution is -0.162. The minimum absolute atomic E-state index is 0.0295. The number of carbonyl (C=O) groups excluding carboxylic acids is 1. The lowest BCUT2D eigenvalue weighted by Crippen LogP contribution is -2.33. The van der Waals surface area contributed by atoms with Gasteiger partial charge in [0, 0.05) is 0 Å². The molecule has 0 bridgehead atoms. The molecule has 0 aliphatic heterocycles. The van der Waals surface area contributed by atoms with Gasteiger partial charge in [0.2, 0.25) is 0 Å². The van der Waals surface area contributed by atoms with E-state index in [-0.39, 0.29) is 5.75 Å². The summed E-state index contributed by atoms with van der Waals surface area (Å²) in [4.78, 5) is 11.7. The summed E-state index contributed by atoms with van der Waals surface area (Å²) in [5.74, 6) is -0.659. The monoisotopic (exact) mass is 290 g/mol. The quantitative estimate of drug-likeness (QED) is 0.794. The molecular formula is C14H17F3O3. The molecule has 0 saturated carbocycles. The van der Waals surface area contributed by atoms with Crippen molar-refractivity contribution >= 4 is 5.97 Å². The molecule has 0 aliphatic rings. The van der Waals surface area contributed by atoms with E-state index in [1.54, 1.807) is 20.8 Å². The van der Waals surface area contributed by atoms with Crippen LogP contribution in [0.4, 0.5) is 13.2 Å². The summed E-state index contributed by atoms with van der Waals surface area (Å²) in [5.41, 5.74) is -1.51. The molecule has 1 aromatic carbocycles. The number of esters is 1. The molecule has 0 heterocycles. The largest absolute Gasteiger partial charge is 0.479 e. The maximum atomic E-state index is 12.5. The standard InChI is InChI=1S/C14H17F3O3/c1-9(12(18)20-13(2,3)4)19-11-7-5-6-10(8-11)14(15,16)17/h5-9H,1-4H3. The Balaban J connectivity index is 2.76. The molecule has 0 N–H and O–H groups in total. The summed E-state index contributed by atoms with van der Waals surface area (Å²) in [7, 11) is 0. The van der Waals surface area contributed by atoms with Gasteiger partial charge in [-0.15, -0.1) is 0 Å². The van der Waals surface area contributed by atoms with Crippen LogP contribution < -0.4 is 4.74 Å². The first kappa shape index (κ1) is 16.3. The van der Waals surface area contributed by atoms with Crippen LogP contribution in [0.15, 0.2) is 24.3 Å². The fourth-order valence-electron chi connectivity index (χ4n) is 1.38. The van der Waals surface area contributed by atoms with Gasteiger partial charge in [0.15, 0.2) is 6.10 Å². The molecule has 0 saturated heterocycles. The Bertz CT molecular complexity index is 475. The number of benzene rings is 1. The minimum Gasteiger partial charge on any atom is -0.479 e. The molecule has 3 nitrogen and oxygen atoms in total. The van der Waals surface area contributed by atoms with Crippen molar-refractivity contribution in [1.82, 2.24) is 0 Å². The zero-order valence-electron chi connectivity index (χ0n) is 11.7. The second kappa shape index (κ2) is 5.73. The highest BCUT2D eigenvalue weighted by Gasteiger charge is 2.31. The number of halogens is 3. The van der Waals surface area contributed by atoms with Crippen molar-refractivity contribution < 1.29 is 27.4 Å². The summed E-state index contributed by atoms with van der Waals surface area (Å²) in [6.45, 7) is 6.51. The molecule has 6 heteroatoms. The van der Waals surface area contributed by atoms with Gasteiger partial charge < -0.3 is 9.47 Å². The average molecular weight is 290 g/mol. The Hall–Kier alpha value is -1.72. The fraction of sp³-hybridized carbons (Fsp3) is 0.500. The summed E-state index contributed by atoms with van der Waals surface area (Å²) in [5, 5.41) is 0. The van der Waals surface area contributed by atoms with Gasteiger partial charge in [0.25, 0.3) is 0 Å². The average Bonchev–Trinajstić information content (AvgIpc) is 2.25. The number of ether oxygens (including phenoxy) is 2. The Morgan fingerprint density at radius 2 is 1.80 bits per heavy atom. The normalized spacial score (nSPS) is 13.8. The lowest BCUT2D eigenvalue weighted by atomic mass is 10.2. The van der Waals surface area contributed by atoms with Crippen molar-refractivity contribution in [2.45, 2.75) is 45.6 Å². The highest BCUT2D eigenvalue weighted by Crippen LogP contribution is 2.31. The zero-order valence-corrected chi connectivity index (χ0v) is 11.7. The highest BCUT2D eigenvalue weighted by molar-refractivity contribution is 5.75. The molecule has 1 atom stereocenters. The third kappa shape index (κ3) is 5.11. The Morgan fingerprint density at radius 1 is 1.20 bits per heavy atom. The van der Waals surface area contributed by atoms with E-state index in [1.807, 2.05) is 0 Å².